The second-order valence-corrected chi connectivity index (χ2v) is 6.51. The lowest BCUT2D eigenvalue weighted by Crippen LogP contribution is -2.51. The average molecular weight is 268 g/mol. The summed E-state index contributed by atoms with van der Waals surface area (Å²) in [5.41, 5.74) is 0. The number of carbonyl (C=O) groups is 1. The van der Waals surface area contributed by atoms with Gasteiger partial charge in [0.1, 0.15) is 0 Å². The molecule has 1 heterocycles. The van der Waals surface area contributed by atoms with E-state index in [1.165, 1.54) is 19.3 Å². The summed E-state index contributed by atoms with van der Waals surface area (Å²) in [4.78, 5) is 14.1. The molecule has 1 amide bonds. The zero-order chi connectivity index (χ0) is 13.8. The Hall–Kier alpha value is -0.610. The van der Waals surface area contributed by atoms with E-state index in [4.69, 9.17) is 0 Å². The minimum Gasteiger partial charge on any atom is -0.392 e. The number of carbonyl (C=O) groups excluding carboxylic acids is 1. The predicted molar refractivity (Wildman–Crippen MR) is 75.8 cm³/mol. The van der Waals surface area contributed by atoms with Crippen LogP contribution in [-0.4, -0.2) is 47.7 Å². The monoisotopic (exact) mass is 268 g/mol. The van der Waals surface area contributed by atoms with Crippen molar-refractivity contribution in [3.63, 3.8) is 0 Å². The molecule has 2 rings (SSSR count). The summed E-state index contributed by atoms with van der Waals surface area (Å²) in [6.07, 6.45) is 5.60. The quantitative estimate of drug-likeness (QED) is 0.792. The number of nitrogens with zero attached hydrogens (tertiary/aromatic N) is 1. The number of hydrogen-bond donors (Lipinski definition) is 2. The van der Waals surface area contributed by atoms with Gasteiger partial charge in [0.15, 0.2) is 0 Å². The van der Waals surface area contributed by atoms with E-state index in [9.17, 15) is 9.90 Å². The molecular formula is C15H28N2O2. The van der Waals surface area contributed by atoms with Crippen molar-refractivity contribution < 1.29 is 9.90 Å². The maximum Gasteiger partial charge on any atom is 0.234 e. The molecule has 4 heteroatoms. The van der Waals surface area contributed by atoms with Crippen LogP contribution in [0.1, 0.15) is 46.0 Å². The summed E-state index contributed by atoms with van der Waals surface area (Å²) in [5, 5.41) is 12.9. The first-order valence-electron chi connectivity index (χ1n) is 7.75. The molecule has 1 aliphatic heterocycles. The Bertz CT molecular complexity index is 303. The maximum atomic E-state index is 12.0. The molecule has 2 fully saturated rings. The molecule has 0 radical (unpaired) electrons. The lowest BCUT2D eigenvalue weighted by molar-refractivity contribution is -0.124. The Balaban J connectivity index is 1.76. The molecule has 0 unspecified atom stereocenters. The van der Waals surface area contributed by atoms with Gasteiger partial charge in [-0.1, -0.05) is 13.3 Å². The van der Waals surface area contributed by atoms with Gasteiger partial charge in [0.25, 0.3) is 0 Å². The molecule has 0 spiro atoms. The van der Waals surface area contributed by atoms with Gasteiger partial charge in [-0.2, -0.15) is 0 Å². The predicted octanol–water partition coefficient (Wildman–Crippen LogP) is 1.38. The van der Waals surface area contributed by atoms with Crippen molar-refractivity contribution in [1.82, 2.24) is 10.2 Å². The van der Waals surface area contributed by atoms with E-state index in [2.05, 4.69) is 17.1 Å². The Morgan fingerprint density at radius 2 is 2.16 bits per heavy atom. The summed E-state index contributed by atoms with van der Waals surface area (Å²) in [7, 11) is 0. The summed E-state index contributed by atoms with van der Waals surface area (Å²) in [5.74, 6) is 1.47. The maximum absolute atomic E-state index is 12.0. The van der Waals surface area contributed by atoms with Crippen molar-refractivity contribution in [1.29, 1.82) is 0 Å². The third-order valence-electron chi connectivity index (χ3n) is 4.74. The van der Waals surface area contributed by atoms with Crippen molar-refractivity contribution in [2.75, 3.05) is 19.6 Å². The van der Waals surface area contributed by atoms with Crippen LogP contribution in [0.3, 0.4) is 0 Å². The summed E-state index contributed by atoms with van der Waals surface area (Å²) < 4.78 is 0. The highest BCUT2D eigenvalue weighted by atomic mass is 16.3. The van der Waals surface area contributed by atoms with Crippen molar-refractivity contribution in [3.8, 4) is 0 Å². The average Bonchev–Trinajstić information content (AvgIpc) is 2.29. The van der Waals surface area contributed by atoms with Crippen LogP contribution in [0, 0.1) is 11.8 Å². The van der Waals surface area contributed by atoms with Gasteiger partial charge in [0.2, 0.25) is 5.91 Å². The minimum absolute atomic E-state index is 0.118. The van der Waals surface area contributed by atoms with Crippen molar-refractivity contribution in [2.24, 2.45) is 11.8 Å². The van der Waals surface area contributed by atoms with Crippen molar-refractivity contribution in [3.05, 3.63) is 0 Å². The molecule has 4 nitrogen and oxygen atoms in total. The van der Waals surface area contributed by atoms with E-state index >= 15 is 0 Å². The molecule has 0 aromatic carbocycles. The second kappa shape index (κ2) is 6.71. The first-order chi connectivity index (χ1) is 9.06. The van der Waals surface area contributed by atoms with Gasteiger partial charge >= 0.3 is 0 Å². The van der Waals surface area contributed by atoms with Gasteiger partial charge in [-0.15, -0.1) is 0 Å². The number of rotatable bonds is 5. The summed E-state index contributed by atoms with van der Waals surface area (Å²) in [6.45, 7) is 6.26. The fourth-order valence-electron chi connectivity index (χ4n) is 3.13. The van der Waals surface area contributed by atoms with E-state index in [-0.39, 0.29) is 18.1 Å². The van der Waals surface area contributed by atoms with Crippen molar-refractivity contribution >= 4 is 5.91 Å². The molecule has 0 bridgehead atoms. The first kappa shape index (κ1) is 14.8. The highest BCUT2D eigenvalue weighted by molar-refractivity contribution is 5.78. The lowest BCUT2D eigenvalue weighted by atomic mass is 9.85. The lowest BCUT2D eigenvalue weighted by Gasteiger charge is -2.39. The van der Waals surface area contributed by atoms with Crippen LogP contribution >= 0.6 is 0 Å². The summed E-state index contributed by atoms with van der Waals surface area (Å²) in [6, 6.07) is 0.137. The highest BCUT2D eigenvalue weighted by Gasteiger charge is 2.30. The summed E-state index contributed by atoms with van der Waals surface area (Å²) >= 11 is 0. The first-order valence-corrected chi connectivity index (χ1v) is 7.75. The fraction of sp³-hybridized carbons (Fsp3) is 0.933. The molecule has 1 aliphatic carbocycles. The van der Waals surface area contributed by atoms with Crippen LogP contribution < -0.4 is 5.32 Å². The van der Waals surface area contributed by atoms with E-state index in [1.54, 1.807) is 0 Å². The SMILES string of the molecule is C[C@@H]1CCN(CC(=O)NCC2CCC2)[C@H]([C@@H](C)O)C1. The largest absolute Gasteiger partial charge is 0.392 e. The Labute approximate surface area is 116 Å². The molecule has 2 N–H and O–H groups in total. The molecule has 1 saturated heterocycles. The number of likely N-dealkylation sites (tertiary alicyclic amines) is 1. The van der Waals surface area contributed by atoms with Crippen LogP contribution in [0.25, 0.3) is 0 Å². The van der Waals surface area contributed by atoms with Gasteiger partial charge in [-0.25, -0.2) is 0 Å². The Morgan fingerprint density at radius 3 is 2.74 bits per heavy atom. The number of amides is 1. The van der Waals surface area contributed by atoms with Gasteiger partial charge in [-0.3, -0.25) is 9.69 Å². The zero-order valence-electron chi connectivity index (χ0n) is 12.3. The molecule has 0 aromatic heterocycles. The third-order valence-corrected chi connectivity index (χ3v) is 4.74. The standard InChI is InChI=1S/C15H28N2O2/c1-11-6-7-17(14(8-11)12(2)18)10-15(19)16-9-13-4-3-5-13/h11-14,18H,3-10H2,1-2H3,(H,16,19)/t11-,12-,14+/m1/s1. The van der Waals surface area contributed by atoms with Gasteiger partial charge in [-0.05, 0) is 51.0 Å². The number of aliphatic hydroxyl groups is 1. The molecule has 2 aliphatic rings. The fourth-order valence-corrected chi connectivity index (χ4v) is 3.13. The molecule has 19 heavy (non-hydrogen) atoms. The number of aliphatic hydroxyl groups excluding tert-OH is 1. The minimum atomic E-state index is -0.359. The van der Waals surface area contributed by atoms with Gasteiger partial charge in [0.05, 0.1) is 12.6 Å². The highest BCUT2D eigenvalue weighted by Crippen LogP contribution is 2.26. The Kier molecular flexibility index (Phi) is 5.22. The number of nitrogens with one attached hydrogen (secondary N) is 1. The second-order valence-electron chi connectivity index (χ2n) is 6.51. The van der Waals surface area contributed by atoms with E-state index < -0.39 is 0 Å². The van der Waals surface area contributed by atoms with E-state index in [0.717, 1.165) is 25.9 Å². The molecule has 3 atom stereocenters. The molecule has 0 aromatic rings. The third kappa shape index (κ3) is 4.18. The molecular weight excluding hydrogens is 240 g/mol. The normalized spacial score (nSPS) is 30.7. The van der Waals surface area contributed by atoms with Crippen LogP contribution in [-0.2, 0) is 4.79 Å². The molecule has 1 saturated carbocycles. The smallest absolute Gasteiger partial charge is 0.234 e. The Morgan fingerprint density at radius 1 is 1.42 bits per heavy atom. The van der Waals surface area contributed by atoms with E-state index in [0.29, 0.717) is 18.4 Å². The van der Waals surface area contributed by atoms with Crippen LogP contribution in [0.4, 0.5) is 0 Å². The van der Waals surface area contributed by atoms with Crippen LogP contribution in [0.15, 0.2) is 0 Å². The zero-order valence-corrected chi connectivity index (χ0v) is 12.3. The number of piperidine rings is 1. The molecule has 110 valence electrons. The van der Waals surface area contributed by atoms with Crippen LogP contribution in [0.2, 0.25) is 0 Å². The van der Waals surface area contributed by atoms with Gasteiger partial charge in [0, 0.05) is 12.6 Å². The van der Waals surface area contributed by atoms with Crippen molar-refractivity contribution in [2.45, 2.75) is 58.1 Å². The topological polar surface area (TPSA) is 52.6 Å². The van der Waals surface area contributed by atoms with E-state index in [1.807, 2.05) is 6.92 Å². The van der Waals surface area contributed by atoms with Crippen LogP contribution in [0.5, 0.6) is 0 Å². The van der Waals surface area contributed by atoms with Gasteiger partial charge < -0.3 is 10.4 Å². The number of hydrogen-bond acceptors (Lipinski definition) is 3.